The Morgan fingerprint density at radius 1 is 1.20 bits per heavy atom. The van der Waals surface area contributed by atoms with Gasteiger partial charge >= 0.3 is 0 Å². The molecule has 0 fully saturated rings. The maximum atomic E-state index is 6.00. The van der Waals surface area contributed by atoms with Gasteiger partial charge in [-0.25, -0.2) is 9.97 Å². The average molecular weight is 259 g/mol. The fourth-order valence-corrected chi connectivity index (χ4v) is 2.36. The molecule has 0 bridgehead atoms. The van der Waals surface area contributed by atoms with Gasteiger partial charge in [-0.2, -0.15) is 0 Å². The van der Waals surface area contributed by atoms with E-state index in [0.29, 0.717) is 16.0 Å². The summed E-state index contributed by atoms with van der Waals surface area (Å²) in [7, 11) is 0. The summed E-state index contributed by atoms with van der Waals surface area (Å²) in [6.07, 6.45) is 0. The third-order valence-corrected chi connectivity index (χ3v) is 3.76. The molecule has 0 aliphatic heterocycles. The molecule has 0 saturated heterocycles. The Balaban J connectivity index is 2.55. The Morgan fingerprint density at radius 3 is 2.47 bits per heavy atom. The molecule has 0 unspecified atom stereocenters. The monoisotopic (exact) mass is 258 g/mol. The quantitative estimate of drug-likeness (QED) is 0.719. The third kappa shape index (κ3) is 2.14. The van der Waals surface area contributed by atoms with E-state index < -0.39 is 0 Å². The zero-order valence-corrected chi connectivity index (χ0v) is 10.5. The summed E-state index contributed by atoms with van der Waals surface area (Å²) in [5, 5.41) is 3.05. The van der Waals surface area contributed by atoms with Gasteiger partial charge < -0.3 is 0 Å². The Labute approximate surface area is 102 Å². The van der Waals surface area contributed by atoms with Gasteiger partial charge in [0, 0.05) is 16.6 Å². The predicted molar refractivity (Wildman–Crippen MR) is 64.8 cm³/mol. The van der Waals surface area contributed by atoms with Crippen molar-refractivity contribution < 1.29 is 0 Å². The van der Waals surface area contributed by atoms with E-state index in [9.17, 15) is 0 Å². The van der Waals surface area contributed by atoms with Crippen molar-refractivity contribution in [1.82, 2.24) is 9.97 Å². The zero-order valence-electron chi connectivity index (χ0n) is 8.21. The molecule has 0 N–H and O–H groups in total. The lowest BCUT2D eigenvalue weighted by molar-refractivity contribution is 1.08. The van der Waals surface area contributed by atoms with Gasteiger partial charge in [-0.05, 0) is 19.9 Å². The second kappa shape index (κ2) is 4.08. The van der Waals surface area contributed by atoms with Crippen molar-refractivity contribution >= 4 is 34.5 Å². The van der Waals surface area contributed by atoms with Crippen LogP contribution in [0.5, 0.6) is 0 Å². The molecule has 2 nitrogen and oxygen atoms in total. The van der Waals surface area contributed by atoms with E-state index in [0.717, 1.165) is 16.1 Å². The van der Waals surface area contributed by atoms with Crippen LogP contribution >= 0.6 is 34.5 Å². The van der Waals surface area contributed by atoms with Crippen LogP contribution in [0.25, 0.3) is 10.7 Å². The first-order valence-electron chi connectivity index (χ1n) is 4.33. The SMILES string of the molecule is Cc1nc(-c2cc(Cl)cs2)nc(Cl)c1C. The predicted octanol–water partition coefficient (Wildman–Crippen LogP) is 4.13. The molecule has 15 heavy (non-hydrogen) atoms. The first-order valence-corrected chi connectivity index (χ1v) is 5.96. The summed E-state index contributed by atoms with van der Waals surface area (Å²) in [4.78, 5) is 9.53. The fourth-order valence-electron chi connectivity index (χ4n) is 1.13. The van der Waals surface area contributed by atoms with Crippen molar-refractivity contribution in [2.75, 3.05) is 0 Å². The molecule has 2 aromatic rings. The number of aromatic nitrogens is 2. The largest absolute Gasteiger partial charge is 0.232 e. The Morgan fingerprint density at radius 2 is 1.93 bits per heavy atom. The molecular weight excluding hydrogens is 251 g/mol. The molecule has 2 aromatic heterocycles. The van der Waals surface area contributed by atoms with Crippen LogP contribution in [0.3, 0.4) is 0 Å². The summed E-state index contributed by atoms with van der Waals surface area (Å²) < 4.78 is 0. The molecule has 2 rings (SSSR count). The first-order chi connectivity index (χ1) is 7.08. The van der Waals surface area contributed by atoms with Gasteiger partial charge in [-0.1, -0.05) is 23.2 Å². The third-order valence-electron chi connectivity index (χ3n) is 2.12. The van der Waals surface area contributed by atoms with E-state index in [1.54, 1.807) is 0 Å². The lowest BCUT2D eigenvalue weighted by Crippen LogP contribution is -1.95. The lowest BCUT2D eigenvalue weighted by atomic mass is 10.3. The normalized spacial score (nSPS) is 10.7. The van der Waals surface area contributed by atoms with Crippen LogP contribution < -0.4 is 0 Å². The summed E-state index contributed by atoms with van der Waals surface area (Å²) in [6, 6.07) is 1.84. The Hall–Kier alpha value is -0.640. The van der Waals surface area contributed by atoms with Crippen LogP contribution in [0.15, 0.2) is 11.4 Å². The highest BCUT2D eigenvalue weighted by Crippen LogP contribution is 2.29. The average Bonchev–Trinajstić information content (AvgIpc) is 2.60. The molecule has 0 amide bonds. The maximum absolute atomic E-state index is 6.00. The number of rotatable bonds is 1. The lowest BCUT2D eigenvalue weighted by Gasteiger charge is -2.03. The minimum absolute atomic E-state index is 0.502. The molecule has 0 atom stereocenters. The van der Waals surface area contributed by atoms with Crippen LogP contribution in [0.2, 0.25) is 10.2 Å². The van der Waals surface area contributed by atoms with E-state index in [-0.39, 0.29) is 0 Å². The van der Waals surface area contributed by atoms with Gasteiger partial charge in [0.15, 0.2) is 5.82 Å². The Kier molecular flexibility index (Phi) is 2.96. The maximum Gasteiger partial charge on any atom is 0.171 e. The first kappa shape index (κ1) is 10.9. The van der Waals surface area contributed by atoms with Crippen molar-refractivity contribution in [2.24, 2.45) is 0 Å². The van der Waals surface area contributed by atoms with E-state index in [2.05, 4.69) is 9.97 Å². The number of nitrogens with zero attached hydrogens (tertiary/aromatic N) is 2. The smallest absolute Gasteiger partial charge is 0.171 e. The molecule has 0 saturated carbocycles. The van der Waals surface area contributed by atoms with Crippen LogP contribution in [-0.4, -0.2) is 9.97 Å². The molecule has 0 aliphatic carbocycles. The molecule has 78 valence electrons. The van der Waals surface area contributed by atoms with E-state index >= 15 is 0 Å². The minimum Gasteiger partial charge on any atom is -0.232 e. The standard InChI is InChI=1S/C10H8Cl2N2S/c1-5-6(2)13-10(14-9(5)12)8-3-7(11)4-15-8/h3-4H,1-2H3. The zero-order chi connectivity index (χ0) is 11.0. The second-order valence-electron chi connectivity index (χ2n) is 3.18. The topological polar surface area (TPSA) is 25.8 Å². The van der Waals surface area contributed by atoms with Gasteiger partial charge in [0.1, 0.15) is 5.15 Å². The van der Waals surface area contributed by atoms with Gasteiger partial charge in [0.05, 0.1) is 9.90 Å². The molecule has 5 heteroatoms. The summed E-state index contributed by atoms with van der Waals surface area (Å²) >= 11 is 13.3. The molecular formula is C10H8Cl2N2S. The molecule has 0 aromatic carbocycles. The van der Waals surface area contributed by atoms with Gasteiger partial charge in [0.2, 0.25) is 0 Å². The fraction of sp³-hybridized carbons (Fsp3) is 0.200. The summed E-state index contributed by atoms with van der Waals surface area (Å²) in [5.74, 6) is 0.639. The minimum atomic E-state index is 0.502. The van der Waals surface area contributed by atoms with Crippen LogP contribution in [0, 0.1) is 13.8 Å². The van der Waals surface area contributed by atoms with E-state index in [4.69, 9.17) is 23.2 Å². The number of halogens is 2. The Bertz CT molecular complexity index is 485. The molecule has 0 radical (unpaired) electrons. The number of hydrogen-bond acceptors (Lipinski definition) is 3. The molecule has 2 heterocycles. The summed E-state index contributed by atoms with van der Waals surface area (Å²) in [6.45, 7) is 3.82. The van der Waals surface area contributed by atoms with Crippen molar-refractivity contribution in [3.8, 4) is 10.7 Å². The van der Waals surface area contributed by atoms with Crippen molar-refractivity contribution in [3.63, 3.8) is 0 Å². The van der Waals surface area contributed by atoms with Gasteiger partial charge in [-0.3, -0.25) is 0 Å². The van der Waals surface area contributed by atoms with E-state index in [1.165, 1.54) is 11.3 Å². The van der Waals surface area contributed by atoms with Crippen molar-refractivity contribution in [3.05, 3.63) is 32.9 Å². The van der Waals surface area contributed by atoms with Gasteiger partial charge in [-0.15, -0.1) is 11.3 Å². The van der Waals surface area contributed by atoms with Crippen LogP contribution in [0.1, 0.15) is 11.3 Å². The van der Waals surface area contributed by atoms with Crippen LogP contribution in [-0.2, 0) is 0 Å². The summed E-state index contributed by atoms with van der Waals surface area (Å²) in [5.41, 5.74) is 1.82. The number of aryl methyl sites for hydroxylation is 1. The highest BCUT2D eigenvalue weighted by atomic mass is 35.5. The van der Waals surface area contributed by atoms with Crippen LogP contribution in [0.4, 0.5) is 0 Å². The highest BCUT2D eigenvalue weighted by molar-refractivity contribution is 7.14. The second-order valence-corrected chi connectivity index (χ2v) is 4.88. The number of thiophene rings is 1. The van der Waals surface area contributed by atoms with Crippen molar-refractivity contribution in [2.45, 2.75) is 13.8 Å². The molecule has 0 spiro atoms. The molecule has 0 aliphatic rings. The van der Waals surface area contributed by atoms with E-state index in [1.807, 2.05) is 25.3 Å². The van der Waals surface area contributed by atoms with Gasteiger partial charge in [0.25, 0.3) is 0 Å². The van der Waals surface area contributed by atoms with Crippen molar-refractivity contribution in [1.29, 1.82) is 0 Å². The highest BCUT2D eigenvalue weighted by Gasteiger charge is 2.09. The number of hydrogen-bond donors (Lipinski definition) is 0.